The van der Waals surface area contributed by atoms with Gasteiger partial charge in [-0.2, -0.15) is 0 Å². The first-order valence-corrected chi connectivity index (χ1v) is 15.4. The van der Waals surface area contributed by atoms with E-state index in [1.807, 2.05) is 49.4 Å². The van der Waals surface area contributed by atoms with Crippen molar-refractivity contribution in [1.29, 1.82) is 0 Å². The van der Waals surface area contributed by atoms with Gasteiger partial charge in [0, 0.05) is 18.7 Å². The van der Waals surface area contributed by atoms with Gasteiger partial charge in [0.05, 0.1) is 25.3 Å². The molecule has 0 aromatic heterocycles. The zero-order valence-corrected chi connectivity index (χ0v) is 26.5. The topological polar surface area (TPSA) is 88.5 Å². The van der Waals surface area contributed by atoms with Gasteiger partial charge in [-0.05, 0) is 73.5 Å². The van der Waals surface area contributed by atoms with Crippen molar-refractivity contribution in [3.05, 3.63) is 94.6 Å². The number of unbranched alkanes of at least 4 members (excludes halogenated alkanes) is 1. The number of methoxy groups -OCH3 is 1. The molecule has 1 aliphatic heterocycles. The van der Waals surface area contributed by atoms with E-state index in [0.29, 0.717) is 54.7 Å². The molecule has 1 saturated heterocycles. The third-order valence-corrected chi connectivity index (χ3v) is 8.05. The van der Waals surface area contributed by atoms with Crippen LogP contribution in [0.3, 0.4) is 0 Å². The second kappa shape index (κ2) is 15.4. The van der Waals surface area contributed by atoms with E-state index in [4.69, 9.17) is 14.2 Å². The van der Waals surface area contributed by atoms with E-state index in [-0.39, 0.29) is 11.3 Å². The number of hydrogen-bond acceptors (Lipinski definition) is 7. The van der Waals surface area contributed by atoms with Gasteiger partial charge >= 0.3 is 0 Å². The third-order valence-electron chi connectivity index (χ3n) is 8.05. The number of aliphatic hydroxyl groups excluding tert-OH is 1. The third kappa shape index (κ3) is 7.42. The van der Waals surface area contributed by atoms with Gasteiger partial charge in [-0.3, -0.25) is 9.59 Å². The second-order valence-electron chi connectivity index (χ2n) is 10.9. The van der Waals surface area contributed by atoms with E-state index in [9.17, 15) is 14.7 Å². The van der Waals surface area contributed by atoms with E-state index in [0.717, 1.165) is 37.1 Å². The van der Waals surface area contributed by atoms with Crippen molar-refractivity contribution in [2.75, 3.05) is 39.9 Å². The molecule has 0 radical (unpaired) electrons. The van der Waals surface area contributed by atoms with Crippen molar-refractivity contribution in [2.24, 2.45) is 0 Å². The molecular weight excluding hydrogens is 556 g/mol. The first-order chi connectivity index (χ1) is 21.3. The average Bonchev–Trinajstić information content (AvgIpc) is 3.29. The predicted molar refractivity (Wildman–Crippen MR) is 172 cm³/mol. The van der Waals surface area contributed by atoms with E-state index in [1.165, 1.54) is 0 Å². The Kier molecular flexibility index (Phi) is 11.4. The van der Waals surface area contributed by atoms with Crippen LogP contribution in [0.5, 0.6) is 17.2 Å². The Bertz CT molecular complexity index is 1460. The van der Waals surface area contributed by atoms with Gasteiger partial charge in [-0.1, -0.05) is 63.6 Å². The van der Waals surface area contributed by atoms with Gasteiger partial charge in [0.2, 0.25) is 0 Å². The fourth-order valence-electron chi connectivity index (χ4n) is 5.43. The number of aryl methyl sites for hydroxylation is 1. The van der Waals surface area contributed by atoms with E-state index in [2.05, 4.69) is 25.7 Å². The number of likely N-dealkylation sites (N-methyl/N-ethyl adjacent to an activating group) is 1. The van der Waals surface area contributed by atoms with Crippen molar-refractivity contribution >= 4 is 17.4 Å². The van der Waals surface area contributed by atoms with Crippen molar-refractivity contribution < 1.29 is 28.9 Å². The number of ether oxygens (including phenoxy) is 3. The Morgan fingerprint density at radius 1 is 0.932 bits per heavy atom. The summed E-state index contributed by atoms with van der Waals surface area (Å²) in [5.41, 5.74) is 2.94. The van der Waals surface area contributed by atoms with Crippen LogP contribution >= 0.6 is 0 Å². The lowest BCUT2D eigenvalue weighted by molar-refractivity contribution is -0.140. The zero-order valence-electron chi connectivity index (χ0n) is 26.5. The molecule has 4 rings (SSSR count). The van der Waals surface area contributed by atoms with Crippen LogP contribution < -0.4 is 14.2 Å². The van der Waals surface area contributed by atoms with Crippen LogP contribution in [0.2, 0.25) is 0 Å². The lowest BCUT2D eigenvalue weighted by atomic mass is 9.93. The standard InChI is InChI=1S/C36H44N2O6/c1-6-9-21-43-28-16-17-29(25(4)22-28)34(39)32-33(38(36(41)35(32)40)20-19-37(7-2)8-3)27-15-18-30(31(23-27)42-5)44-24-26-13-11-10-12-14-26/h10-18,22-23,33,39H,6-9,19-21,24H2,1-5H3/b34-32+. The van der Waals surface area contributed by atoms with E-state index in [1.54, 1.807) is 36.3 Å². The SMILES string of the molecule is CCCCOc1ccc(/C(O)=C2\C(=O)C(=O)N(CCN(CC)CC)C2c2ccc(OCc3ccccc3)c(OC)c2)c(C)c1. The minimum Gasteiger partial charge on any atom is -0.507 e. The lowest BCUT2D eigenvalue weighted by Crippen LogP contribution is -2.38. The Hall–Kier alpha value is -4.30. The van der Waals surface area contributed by atoms with Crippen LogP contribution in [0.25, 0.3) is 5.76 Å². The van der Waals surface area contributed by atoms with Gasteiger partial charge < -0.3 is 29.1 Å². The molecule has 1 aliphatic rings. The number of likely N-dealkylation sites (tertiary alicyclic amines) is 1. The molecule has 1 atom stereocenters. The molecular formula is C36H44N2O6. The van der Waals surface area contributed by atoms with E-state index < -0.39 is 17.7 Å². The number of ketones is 1. The molecule has 0 spiro atoms. The van der Waals surface area contributed by atoms with Gasteiger partial charge in [0.25, 0.3) is 11.7 Å². The molecule has 3 aromatic carbocycles. The summed E-state index contributed by atoms with van der Waals surface area (Å²) in [5.74, 6) is 0.147. The van der Waals surface area contributed by atoms with Crippen molar-refractivity contribution in [1.82, 2.24) is 9.80 Å². The molecule has 0 aliphatic carbocycles. The quantitative estimate of drug-likeness (QED) is 0.0919. The van der Waals surface area contributed by atoms with Gasteiger partial charge in [-0.15, -0.1) is 0 Å². The van der Waals surface area contributed by atoms with Gasteiger partial charge in [0.1, 0.15) is 18.1 Å². The predicted octanol–water partition coefficient (Wildman–Crippen LogP) is 6.53. The summed E-state index contributed by atoms with van der Waals surface area (Å²) < 4.78 is 17.6. The first kappa shape index (κ1) is 32.6. The number of carbonyl (C=O) groups excluding carboxylic acids is 2. The Labute approximate surface area is 260 Å². The Morgan fingerprint density at radius 2 is 1.68 bits per heavy atom. The highest BCUT2D eigenvalue weighted by atomic mass is 16.5. The van der Waals surface area contributed by atoms with Crippen molar-refractivity contribution in [2.45, 2.75) is 53.2 Å². The zero-order chi connectivity index (χ0) is 31.6. The second-order valence-corrected chi connectivity index (χ2v) is 10.9. The first-order valence-electron chi connectivity index (χ1n) is 15.4. The van der Waals surface area contributed by atoms with Gasteiger partial charge in [0.15, 0.2) is 11.5 Å². The summed E-state index contributed by atoms with van der Waals surface area (Å²) in [4.78, 5) is 30.9. The molecule has 44 heavy (non-hydrogen) atoms. The summed E-state index contributed by atoms with van der Waals surface area (Å²) in [6.45, 7) is 11.6. The normalized spacial score (nSPS) is 16.0. The van der Waals surface area contributed by atoms with Crippen LogP contribution in [0.1, 0.15) is 61.9 Å². The number of Topliss-reactive ketones (excluding diaryl/α,β-unsaturated/α-hetero) is 1. The summed E-state index contributed by atoms with van der Waals surface area (Å²) in [5, 5.41) is 11.7. The number of benzene rings is 3. The maximum Gasteiger partial charge on any atom is 0.295 e. The van der Waals surface area contributed by atoms with Crippen molar-refractivity contribution in [3.63, 3.8) is 0 Å². The molecule has 234 valence electrons. The van der Waals surface area contributed by atoms with Crippen LogP contribution in [0.4, 0.5) is 0 Å². The summed E-state index contributed by atoms with van der Waals surface area (Å²) in [6.07, 6.45) is 1.97. The smallest absolute Gasteiger partial charge is 0.295 e. The Morgan fingerprint density at radius 3 is 2.34 bits per heavy atom. The van der Waals surface area contributed by atoms with Crippen LogP contribution in [0.15, 0.2) is 72.3 Å². The monoisotopic (exact) mass is 600 g/mol. The fraction of sp³-hybridized carbons (Fsp3) is 0.389. The molecule has 8 heteroatoms. The minimum atomic E-state index is -0.803. The maximum atomic E-state index is 13.6. The highest BCUT2D eigenvalue weighted by Gasteiger charge is 2.46. The Balaban J connectivity index is 1.74. The number of rotatable bonds is 15. The molecule has 1 N–H and O–H groups in total. The largest absolute Gasteiger partial charge is 0.507 e. The molecule has 1 amide bonds. The number of aliphatic hydroxyl groups is 1. The number of amides is 1. The minimum absolute atomic E-state index is 0.0531. The summed E-state index contributed by atoms with van der Waals surface area (Å²) >= 11 is 0. The molecule has 3 aromatic rings. The molecule has 8 nitrogen and oxygen atoms in total. The van der Waals surface area contributed by atoms with E-state index >= 15 is 0 Å². The number of hydrogen-bond donors (Lipinski definition) is 1. The molecule has 1 unspecified atom stereocenters. The van der Waals surface area contributed by atoms with Crippen LogP contribution in [-0.2, 0) is 16.2 Å². The molecule has 1 heterocycles. The van der Waals surface area contributed by atoms with Gasteiger partial charge in [-0.25, -0.2) is 0 Å². The average molecular weight is 601 g/mol. The highest BCUT2D eigenvalue weighted by molar-refractivity contribution is 6.46. The number of nitrogens with zero attached hydrogens (tertiary/aromatic N) is 2. The van der Waals surface area contributed by atoms with Crippen LogP contribution in [0, 0.1) is 6.92 Å². The van der Waals surface area contributed by atoms with Crippen molar-refractivity contribution in [3.8, 4) is 17.2 Å². The lowest BCUT2D eigenvalue weighted by Gasteiger charge is -2.28. The maximum absolute atomic E-state index is 13.6. The van der Waals surface area contributed by atoms with Crippen LogP contribution in [-0.4, -0.2) is 66.5 Å². The summed E-state index contributed by atoms with van der Waals surface area (Å²) in [7, 11) is 1.55. The molecule has 0 bridgehead atoms. The summed E-state index contributed by atoms with van der Waals surface area (Å²) in [6, 6.07) is 19.8. The molecule has 0 saturated carbocycles. The highest BCUT2D eigenvalue weighted by Crippen LogP contribution is 2.42. The molecule has 1 fully saturated rings. The number of carbonyl (C=O) groups is 2. The fourth-order valence-corrected chi connectivity index (χ4v) is 5.43.